The van der Waals surface area contributed by atoms with E-state index in [1.165, 1.54) is 5.69 Å². The van der Waals surface area contributed by atoms with Crippen molar-refractivity contribution >= 4 is 11.4 Å². The highest BCUT2D eigenvalue weighted by Gasteiger charge is 2.02. The average molecular weight is 266 g/mol. The predicted octanol–water partition coefficient (Wildman–Crippen LogP) is 2.89. The van der Waals surface area contributed by atoms with Gasteiger partial charge in [0.2, 0.25) is 0 Å². The van der Waals surface area contributed by atoms with Crippen LogP contribution in [0.4, 0.5) is 11.4 Å². The Bertz CT molecular complexity index is 575. The number of rotatable bonds is 6. The summed E-state index contributed by atoms with van der Waals surface area (Å²) in [6, 6.07) is 16.1. The van der Waals surface area contributed by atoms with Crippen molar-refractivity contribution in [2.75, 3.05) is 30.4 Å². The number of nitrogens with one attached hydrogen (secondary N) is 1. The van der Waals surface area contributed by atoms with Gasteiger partial charge in [0.1, 0.15) is 6.07 Å². The molecule has 0 spiro atoms. The predicted molar refractivity (Wildman–Crippen MR) is 81.8 cm³/mol. The van der Waals surface area contributed by atoms with E-state index in [0.29, 0.717) is 5.69 Å². The largest absolute Gasteiger partial charge is 0.383 e. The van der Waals surface area contributed by atoms with Crippen molar-refractivity contribution in [1.82, 2.24) is 4.98 Å². The van der Waals surface area contributed by atoms with Gasteiger partial charge in [-0.3, -0.25) is 0 Å². The maximum Gasteiger partial charge on any atom is 0.163 e. The summed E-state index contributed by atoms with van der Waals surface area (Å²) in [4.78, 5) is 6.24. The Morgan fingerprint density at radius 2 is 2.00 bits per heavy atom. The lowest BCUT2D eigenvalue weighted by Gasteiger charge is -2.19. The Morgan fingerprint density at radius 1 is 1.20 bits per heavy atom. The Balaban J connectivity index is 1.78. The third-order valence-electron chi connectivity index (χ3n) is 3.10. The van der Waals surface area contributed by atoms with E-state index in [2.05, 4.69) is 40.5 Å². The summed E-state index contributed by atoms with van der Waals surface area (Å²) in [7, 11) is 2.08. The van der Waals surface area contributed by atoms with E-state index >= 15 is 0 Å². The third-order valence-corrected chi connectivity index (χ3v) is 3.10. The molecule has 1 aromatic heterocycles. The minimum absolute atomic E-state index is 0.448. The molecule has 0 unspecified atom stereocenters. The van der Waals surface area contributed by atoms with Crippen LogP contribution < -0.4 is 10.2 Å². The molecule has 1 heterocycles. The fourth-order valence-electron chi connectivity index (χ4n) is 1.99. The van der Waals surface area contributed by atoms with Crippen molar-refractivity contribution < 1.29 is 0 Å². The van der Waals surface area contributed by atoms with Gasteiger partial charge < -0.3 is 10.2 Å². The highest BCUT2D eigenvalue weighted by molar-refractivity contribution is 5.53. The van der Waals surface area contributed by atoms with Crippen LogP contribution in [0.25, 0.3) is 0 Å². The molecule has 2 rings (SSSR count). The summed E-state index contributed by atoms with van der Waals surface area (Å²) >= 11 is 0. The Labute approximate surface area is 119 Å². The number of aromatic nitrogens is 1. The van der Waals surface area contributed by atoms with Crippen LogP contribution in [0.2, 0.25) is 0 Å². The molecule has 1 aromatic carbocycles. The Hall–Kier alpha value is -2.54. The molecule has 102 valence electrons. The topological polar surface area (TPSA) is 52.0 Å². The third kappa shape index (κ3) is 3.72. The van der Waals surface area contributed by atoms with Crippen LogP contribution in [-0.2, 0) is 0 Å². The molecule has 0 radical (unpaired) electrons. The molecule has 0 aliphatic rings. The van der Waals surface area contributed by atoms with Gasteiger partial charge in [-0.2, -0.15) is 5.26 Å². The van der Waals surface area contributed by atoms with Crippen LogP contribution in [0.1, 0.15) is 12.1 Å². The van der Waals surface area contributed by atoms with Gasteiger partial charge in [-0.1, -0.05) is 18.2 Å². The van der Waals surface area contributed by atoms with Crippen molar-refractivity contribution in [2.45, 2.75) is 6.42 Å². The minimum atomic E-state index is 0.448. The highest BCUT2D eigenvalue weighted by Crippen LogP contribution is 2.12. The summed E-state index contributed by atoms with van der Waals surface area (Å²) in [6.07, 6.45) is 2.62. The van der Waals surface area contributed by atoms with Gasteiger partial charge in [-0.15, -0.1) is 0 Å². The number of pyridine rings is 1. The van der Waals surface area contributed by atoms with E-state index in [-0.39, 0.29) is 0 Å². The van der Waals surface area contributed by atoms with E-state index in [1.54, 1.807) is 6.20 Å². The van der Waals surface area contributed by atoms with Crippen LogP contribution in [0.3, 0.4) is 0 Å². The molecule has 4 heteroatoms. The van der Waals surface area contributed by atoms with E-state index in [4.69, 9.17) is 5.26 Å². The van der Waals surface area contributed by atoms with E-state index in [9.17, 15) is 0 Å². The van der Waals surface area contributed by atoms with Crippen LogP contribution in [0.5, 0.6) is 0 Å². The van der Waals surface area contributed by atoms with Crippen molar-refractivity contribution in [3.05, 3.63) is 54.4 Å². The summed E-state index contributed by atoms with van der Waals surface area (Å²) in [5.41, 5.74) is 2.47. The monoisotopic (exact) mass is 266 g/mol. The number of hydrogen-bond donors (Lipinski definition) is 1. The van der Waals surface area contributed by atoms with E-state index < -0.39 is 0 Å². The van der Waals surface area contributed by atoms with Gasteiger partial charge in [0.25, 0.3) is 0 Å². The normalized spacial score (nSPS) is 9.80. The molecular formula is C16H18N4. The molecule has 0 bridgehead atoms. The van der Waals surface area contributed by atoms with Crippen molar-refractivity contribution in [2.24, 2.45) is 0 Å². The second-order valence-electron chi connectivity index (χ2n) is 4.55. The first kappa shape index (κ1) is 13.9. The van der Waals surface area contributed by atoms with Crippen LogP contribution in [-0.4, -0.2) is 25.1 Å². The molecule has 0 fully saturated rings. The number of nitrogens with zero attached hydrogens (tertiary/aromatic N) is 3. The first-order chi connectivity index (χ1) is 9.81. The van der Waals surface area contributed by atoms with Crippen molar-refractivity contribution in [3.63, 3.8) is 0 Å². The second kappa shape index (κ2) is 7.15. The molecule has 0 atom stereocenters. The lowest BCUT2D eigenvalue weighted by Crippen LogP contribution is -2.20. The van der Waals surface area contributed by atoms with Crippen molar-refractivity contribution in [3.8, 4) is 6.07 Å². The standard InChI is InChI=1S/C16H18N4/c1-20(14-7-3-2-4-8-14)12-6-11-18-15-9-5-10-19-16(15)13-17/h2-5,7-10,18H,6,11-12H2,1H3. The highest BCUT2D eigenvalue weighted by atomic mass is 15.1. The van der Waals surface area contributed by atoms with Gasteiger partial charge in [0, 0.05) is 32.0 Å². The molecular weight excluding hydrogens is 248 g/mol. The molecule has 4 nitrogen and oxygen atoms in total. The second-order valence-corrected chi connectivity index (χ2v) is 4.55. The molecule has 0 aliphatic carbocycles. The molecule has 0 aliphatic heterocycles. The van der Waals surface area contributed by atoms with Gasteiger partial charge in [-0.05, 0) is 30.7 Å². The molecule has 20 heavy (non-hydrogen) atoms. The number of para-hydroxylation sites is 1. The van der Waals surface area contributed by atoms with Crippen LogP contribution in [0, 0.1) is 11.3 Å². The summed E-state index contributed by atoms with van der Waals surface area (Å²) < 4.78 is 0. The fraction of sp³-hybridized carbons (Fsp3) is 0.250. The maximum atomic E-state index is 8.95. The van der Waals surface area contributed by atoms with Crippen LogP contribution >= 0.6 is 0 Å². The Kier molecular flexibility index (Phi) is 4.96. The SMILES string of the molecule is CN(CCCNc1cccnc1C#N)c1ccccc1. The number of nitriles is 1. The lowest BCUT2D eigenvalue weighted by atomic mass is 10.2. The maximum absolute atomic E-state index is 8.95. The summed E-state index contributed by atoms with van der Waals surface area (Å²) in [5, 5.41) is 12.2. The molecule has 0 saturated heterocycles. The lowest BCUT2D eigenvalue weighted by molar-refractivity contribution is 0.816. The van der Waals surface area contributed by atoms with Gasteiger partial charge in [-0.25, -0.2) is 4.98 Å². The first-order valence-corrected chi connectivity index (χ1v) is 6.66. The van der Waals surface area contributed by atoms with Gasteiger partial charge >= 0.3 is 0 Å². The van der Waals surface area contributed by atoms with Gasteiger partial charge in [0.05, 0.1) is 5.69 Å². The van der Waals surface area contributed by atoms with E-state index in [0.717, 1.165) is 25.2 Å². The average Bonchev–Trinajstić information content (AvgIpc) is 2.52. The first-order valence-electron chi connectivity index (χ1n) is 6.66. The number of anilines is 2. The zero-order chi connectivity index (χ0) is 14.2. The van der Waals surface area contributed by atoms with Crippen molar-refractivity contribution in [1.29, 1.82) is 5.26 Å². The number of benzene rings is 1. The molecule has 0 saturated carbocycles. The van der Waals surface area contributed by atoms with Crippen LogP contribution in [0.15, 0.2) is 48.7 Å². The zero-order valence-corrected chi connectivity index (χ0v) is 11.6. The quantitative estimate of drug-likeness (QED) is 0.817. The summed E-state index contributed by atoms with van der Waals surface area (Å²) in [6.45, 7) is 1.77. The van der Waals surface area contributed by atoms with E-state index in [1.807, 2.05) is 30.3 Å². The number of hydrogen-bond acceptors (Lipinski definition) is 4. The Morgan fingerprint density at radius 3 is 2.75 bits per heavy atom. The smallest absolute Gasteiger partial charge is 0.163 e. The fourth-order valence-corrected chi connectivity index (χ4v) is 1.99. The molecule has 1 N–H and O–H groups in total. The molecule has 2 aromatic rings. The molecule has 0 amide bonds. The zero-order valence-electron chi connectivity index (χ0n) is 11.6. The van der Waals surface area contributed by atoms with Gasteiger partial charge in [0.15, 0.2) is 5.69 Å². The minimum Gasteiger partial charge on any atom is -0.383 e. The summed E-state index contributed by atoms with van der Waals surface area (Å²) in [5.74, 6) is 0.